The molecule has 1 atom stereocenters. The fraction of sp³-hybridized carbons (Fsp3) is 0.429. The molecule has 1 N–H and O–H groups in total. The lowest BCUT2D eigenvalue weighted by atomic mass is 10.1. The first-order chi connectivity index (χ1) is 8.45. The molecule has 1 aromatic rings. The van der Waals surface area contributed by atoms with Gasteiger partial charge in [-0.1, -0.05) is 17.7 Å². The SMILES string of the molecule is CCNC(=O)[C@@H](C)OC(=O)c1cc(C)ccc1C. The minimum atomic E-state index is -0.780. The number of hydrogen-bond donors (Lipinski definition) is 1. The van der Waals surface area contributed by atoms with Crippen LogP contribution in [0.5, 0.6) is 0 Å². The fourth-order valence-corrected chi connectivity index (χ4v) is 1.55. The molecular weight excluding hydrogens is 230 g/mol. The third-order valence-corrected chi connectivity index (χ3v) is 2.62. The molecule has 0 unspecified atom stereocenters. The summed E-state index contributed by atoms with van der Waals surface area (Å²) in [4.78, 5) is 23.4. The van der Waals surface area contributed by atoms with E-state index >= 15 is 0 Å². The van der Waals surface area contributed by atoms with Crippen LogP contribution in [0.15, 0.2) is 18.2 Å². The second-order valence-corrected chi connectivity index (χ2v) is 4.26. The number of aryl methyl sites for hydroxylation is 2. The van der Waals surface area contributed by atoms with Crippen molar-refractivity contribution in [3.63, 3.8) is 0 Å². The first kappa shape index (κ1) is 14.2. The molecule has 0 heterocycles. The summed E-state index contributed by atoms with van der Waals surface area (Å²) in [5.74, 6) is -0.744. The van der Waals surface area contributed by atoms with E-state index < -0.39 is 12.1 Å². The Balaban J connectivity index is 2.76. The number of likely N-dealkylation sites (N-methyl/N-ethyl adjacent to an activating group) is 1. The van der Waals surface area contributed by atoms with Gasteiger partial charge in [-0.25, -0.2) is 4.79 Å². The molecule has 0 saturated carbocycles. The van der Waals surface area contributed by atoms with Crippen molar-refractivity contribution < 1.29 is 14.3 Å². The number of amides is 1. The predicted octanol–water partition coefficient (Wildman–Crippen LogP) is 1.98. The number of rotatable bonds is 4. The van der Waals surface area contributed by atoms with Crippen LogP contribution in [-0.2, 0) is 9.53 Å². The summed E-state index contributed by atoms with van der Waals surface area (Å²) in [7, 11) is 0. The van der Waals surface area contributed by atoms with E-state index in [1.165, 1.54) is 0 Å². The van der Waals surface area contributed by atoms with E-state index in [2.05, 4.69) is 5.32 Å². The second-order valence-electron chi connectivity index (χ2n) is 4.26. The smallest absolute Gasteiger partial charge is 0.339 e. The molecule has 0 aromatic heterocycles. The van der Waals surface area contributed by atoms with Crippen LogP contribution in [-0.4, -0.2) is 24.5 Å². The zero-order valence-corrected chi connectivity index (χ0v) is 11.2. The molecule has 1 aromatic carbocycles. The summed E-state index contributed by atoms with van der Waals surface area (Å²) in [6, 6.07) is 5.56. The predicted molar refractivity (Wildman–Crippen MR) is 69.5 cm³/mol. The van der Waals surface area contributed by atoms with E-state index in [-0.39, 0.29) is 5.91 Å². The van der Waals surface area contributed by atoms with Crippen molar-refractivity contribution in [3.8, 4) is 0 Å². The highest BCUT2D eigenvalue weighted by molar-refractivity contribution is 5.93. The highest BCUT2D eigenvalue weighted by Gasteiger charge is 2.19. The lowest BCUT2D eigenvalue weighted by molar-refractivity contribution is -0.128. The van der Waals surface area contributed by atoms with Gasteiger partial charge in [0.15, 0.2) is 6.10 Å². The summed E-state index contributed by atoms with van der Waals surface area (Å²) in [6.45, 7) is 7.64. The van der Waals surface area contributed by atoms with Gasteiger partial charge in [0, 0.05) is 6.54 Å². The number of benzene rings is 1. The first-order valence-corrected chi connectivity index (χ1v) is 6.01. The van der Waals surface area contributed by atoms with Gasteiger partial charge in [0.25, 0.3) is 5.91 Å². The average molecular weight is 249 g/mol. The maximum Gasteiger partial charge on any atom is 0.339 e. The number of hydrogen-bond acceptors (Lipinski definition) is 3. The molecule has 4 nitrogen and oxygen atoms in total. The molecule has 0 radical (unpaired) electrons. The fourth-order valence-electron chi connectivity index (χ4n) is 1.55. The monoisotopic (exact) mass is 249 g/mol. The normalized spacial score (nSPS) is 11.8. The molecular formula is C14H19NO3. The maximum absolute atomic E-state index is 11.9. The van der Waals surface area contributed by atoms with E-state index in [9.17, 15) is 9.59 Å². The Morgan fingerprint density at radius 2 is 2.00 bits per heavy atom. The number of carbonyl (C=O) groups excluding carboxylic acids is 2. The highest BCUT2D eigenvalue weighted by Crippen LogP contribution is 2.13. The van der Waals surface area contributed by atoms with Gasteiger partial charge < -0.3 is 10.1 Å². The Hall–Kier alpha value is -1.84. The molecule has 4 heteroatoms. The first-order valence-electron chi connectivity index (χ1n) is 6.01. The molecule has 0 aliphatic rings. The molecule has 0 spiro atoms. The van der Waals surface area contributed by atoms with Crippen LogP contribution >= 0.6 is 0 Å². The number of nitrogens with one attached hydrogen (secondary N) is 1. The van der Waals surface area contributed by atoms with Crippen molar-refractivity contribution in [2.24, 2.45) is 0 Å². The van der Waals surface area contributed by atoms with Crippen molar-refractivity contribution >= 4 is 11.9 Å². The lowest BCUT2D eigenvalue weighted by Crippen LogP contribution is -2.35. The molecule has 98 valence electrons. The molecule has 0 aliphatic carbocycles. The summed E-state index contributed by atoms with van der Waals surface area (Å²) < 4.78 is 5.14. The average Bonchev–Trinajstić information content (AvgIpc) is 2.32. The summed E-state index contributed by atoms with van der Waals surface area (Å²) in [5, 5.41) is 2.61. The van der Waals surface area contributed by atoms with Gasteiger partial charge in [-0.3, -0.25) is 4.79 Å². The van der Waals surface area contributed by atoms with Gasteiger partial charge in [-0.15, -0.1) is 0 Å². The summed E-state index contributed by atoms with van der Waals surface area (Å²) in [5.41, 5.74) is 2.33. The van der Waals surface area contributed by atoms with Gasteiger partial charge in [0.1, 0.15) is 0 Å². The molecule has 0 bridgehead atoms. The van der Waals surface area contributed by atoms with E-state index in [0.717, 1.165) is 11.1 Å². The van der Waals surface area contributed by atoms with Gasteiger partial charge in [0.05, 0.1) is 5.56 Å². The minimum absolute atomic E-state index is 0.281. The zero-order valence-electron chi connectivity index (χ0n) is 11.2. The van der Waals surface area contributed by atoms with Crippen molar-refractivity contribution in [2.75, 3.05) is 6.54 Å². The van der Waals surface area contributed by atoms with E-state index in [1.54, 1.807) is 13.0 Å². The Morgan fingerprint density at radius 1 is 1.33 bits per heavy atom. The molecule has 1 rings (SSSR count). The Labute approximate surface area is 107 Å². The molecule has 0 aliphatic heterocycles. The van der Waals surface area contributed by atoms with E-state index in [4.69, 9.17) is 4.74 Å². The summed E-state index contributed by atoms with van der Waals surface area (Å²) >= 11 is 0. The zero-order chi connectivity index (χ0) is 13.7. The molecule has 18 heavy (non-hydrogen) atoms. The Bertz CT molecular complexity index is 454. The van der Waals surface area contributed by atoms with Gasteiger partial charge >= 0.3 is 5.97 Å². The van der Waals surface area contributed by atoms with Crippen molar-refractivity contribution in [3.05, 3.63) is 34.9 Å². The number of esters is 1. The van der Waals surface area contributed by atoms with Crippen molar-refractivity contribution in [2.45, 2.75) is 33.8 Å². The molecule has 0 fully saturated rings. The van der Waals surface area contributed by atoms with Crippen LogP contribution in [0, 0.1) is 13.8 Å². The highest BCUT2D eigenvalue weighted by atomic mass is 16.5. The third kappa shape index (κ3) is 3.58. The lowest BCUT2D eigenvalue weighted by Gasteiger charge is -2.13. The third-order valence-electron chi connectivity index (χ3n) is 2.62. The van der Waals surface area contributed by atoms with Gasteiger partial charge in [-0.2, -0.15) is 0 Å². The Morgan fingerprint density at radius 3 is 2.61 bits per heavy atom. The topological polar surface area (TPSA) is 55.4 Å². The van der Waals surface area contributed by atoms with E-state index in [0.29, 0.717) is 12.1 Å². The standard InChI is InChI=1S/C14H19NO3/c1-5-15-13(16)11(4)18-14(17)12-8-9(2)6-7-10(12)3/h6-8,11H,5H2,1-4H3,(H,15,16)/t11-/m1/s1. The van der Waals surface area contributed by atoms with Crippen LogP contribution in [0.4, 0.5) is 0 Å². The van der Waals surface area contributed by atoms with Crippen LogP contribution in [0.3, 0.4) is 0 Å². The molecule has 0 saturated heterocycles. The van der Waals surface area contributed by atoms with Gasteiger partial charge in [-0.05, 0) is 39.3 Å². The van der Waals surface area contributed by atoms with Gasteiger partial charge in [0.2, 0.25) is 0 Å². The van der Waals surface area contributed by atoms with Crippen LogP contribution in [0.25, 0.3) is 0 Å². The van der Waals surface area contributed by atoms with Crippen molar-refractivity contribution in [1.82, 2.24) is 5.32 Å². The summed E-state index contributed by atoms with van der Waals surface area (Å²) in [6.07, 6.45) is -0.780. The van der Waals surface area contributed by atoms with E-state index in [1.807, 2.05) is 32.9 Å². The minimum Gasteiger partial charge on any atom is -0.449 e. The van der Waals surface area contributed by atoms with Crippen LogP contribution < -0.4 is 5.32 Å². The molecule has 1 amide bonds. The largest absolute Gasteiger partial charge is 0.449 e. The maximum atomic E-state index is 11.9. The van der Waals surface area contributed by atoms with Crippen molar-refractivity contribution in [1.29, 1.82) is 0 Å². The number of ether oxygens (including phenoxy) is 1. The quantitative estimate of drug-likeness (QED) is 0.830. The van der Waals surface area contributed by atoms with Crippen LogP contribution in [0.2, 0.25) is 0 Å². The van der Waals surface area contributed by atoms with Crippen LogP contribution in [0.1, 0.15) is 35.3 Å². The number of carbonyl (C=O) groups is 2. The Kier molecular flexibility index (Phi) is 4.89. The second kappa shape index (κ2) is 6.19.